The molecule has 0 aromatic rings. The third-order valence-electron chi connectivity index (χ3n) is 3.59. The van der Waals surface area contributed by atoms with Crippen molar-refractivity contribution in [2.24, 2.45) is 5.92 Å². The molecule has 4 heteroatoms. The highest BCUT2D eigenvalue weighted by molar-refractivity contribution is 5.72. The third-order valence-corrected chi connectivity index (χ3v) is 3.59. The van der Waals surface area contributed by atoms with Crippen LogP contribution in [0.4, 0.5) is 0 Å². The minimum atomic E-state index is -0.189. The second-order valence-corrected chi connectivity index (χ2v) is 4.48. The van der Waals surface area contributed by atoms with Crippen molar-refractivity contribution in [3.05, 3.63) is 0 Å². The van der Waals surface area contributed by atoms with Gasteiger partial charge in [0.1, 0.15) is 0 Å². The molecule has 0 heterocycles. The van der Waals surface area contributed by atoms with E-state index in [2.05, 4.69) is 18.7 Å². The Balaban J connectivity index is 4.73. The predicted molar refractivity (Wildman–Crippen MR) is 68.8 cm³/mol. The number of ether oxygens (including phenoxy) is 1. The quantitative estimate of drug-likeness (QED) is 0.661. The minimum absolute atomic E-state index is 0.0829. The molecule has 0 spiro atoms. The molecule has 0 radical (unpaired) electrons. The van der Waals surface area contributed by atoms with Gasteiger partial charge in [0.15, 0.2) is 0 Å². The number of carbonyl (C=O) groups excluding carboxylic acids is 1. The lowest BCUT2D eigenvalue weighted by Crippen LogP contribution is -2.47. The molecule has 0 saturated heterocycles. The highest BCUT2D eigenvalue weighted by atomic mass is 16.5. The standard InChI is InChI=1S/C13H27NO3/c1-6-12(7-2)14(8-9-15)11(4)10(3)13(16)17-5/h10-12,15H,6-9H2,1-5H3. The predicted octanol–water partition coefficient (Wildman–Crippen LogP) is 1.67. The molecule has 2 unspecified atom stereocenters. The first-order valence-electron chi connectivity index (χ1n) is 6.47. The summed E-state index contributed by atoms with van der Waals surface area (Å²) in [5.41, 5.74) is 0. The number of methoxy groups -OCH3 is 1. The van der Waals surface area contributed by atoms with E-state index in [1.165, 1.54) is 7.11 Å². The summed E-state index contributed by atoms with van der Waals surface area (Å²) in [5.74, 6) is -0.362. The molecular weight excluding hydrogens is 218 g/mol. The topological polar surface area (TPSA) is 49.8 Å². The van der Waals surface area contributed by atoms with Gasteiger partial charge in [0.05, 0.1) is 19.6 Å². The Morgan fingerprint density at radius 1 is 1.29 bits per heavy atom. The molecule has 4 nitrogen and oxygen atoms in total. The van der Waals surface area contributed by atoms with Gasteiger partial charge in [-0.1, -0.05) is 20.8 Å². The van der Waals surface area contributed by atoms with E-state index in [0.717, 1.165) is 12.8 Å². The van der Waals surface area contributed by atoms with E-state index in [-0.39, 0.29) is 24.5 Å². The van der Waals surface area contributed by atoms with E-state index in [9.17, 15) is 4.79 Å². The van der Waals surface area contributed by atoms with Crippen molar-refractivity contribution in [3.8, 4) is 0 Å². The molecule has 0 saturated carbocycles. The monoisotopic (exact) mass is 245 g/mol. The molecular formula is C13H27NO3. The van der Waals surface area contributed by atoms with Gasteiger partial charge in [-0.2, -0.15) is 0 Å². The molecule has 0 aliphatic carbocycles. The minimum Gasteiger partial charge on any atom is -0.469 e. The van der Waals surface area contributed by atoms with Crippen LogP contribution in [-0.4, -0.2) is 48.3 Å². The number of aliphatic hydroxyl groups is 1. The van der Waals surface area contributed by atoms with Gasteiger partial charge in [-0.3, -0.25) is 9.69 Å². The summed E-state index contributed by atoms with van der Waals surface area (Å²) in [7, 11) is 1.42. The van der Waals surface area contributed by atoms with E-state index >= 15 is 0 Å². The number of hydrogen-bond acceptors (Lipinski definition) is 4. The van der Waals surface area contributed by atoms with Crippen molar-refractivity contribution in [2.45, 2.75) is 52.6 Å². The van der Waals surface area contributed by atoms with Gasteiger partial charge in [0, 0.05) is 18.6 Å². The van der Waals surface area contributed by atoms with E-state index in [0.29, 0.717) is 12.6 Å². The summed E-state index contributed by atoms with van der Waals surface area (Å²) >= 11 is 0. The first-order valence-corrected chi connectivity index (χ1v) is 6.47. The maximum atomic E-state index is 11.5. The van der Waals surface area contributed by atoms with Crippen LogP contribution in [0.1, 0.15) is 40.5 Å². The lowest BCUT2D eigenvalue weighted by atomic mass is 9.98. The van der Waals surface area contributed by atoms with Crippen LogP contribution in [0, 0.1) is 5.92 Å². The van der Waals surface area contributed by atoms with E-state index < -0.39 is 0 Å². The number of esters is 1. The highest BCUT2D eigenvalue weighted by Gasteiger charge is 2.29. The number of hydrogen-bond donors (Lipinski definition) is 1. The highest BCUT2D eigenvalue weighted by Crippen LogP contribution is 2.18. The molecule has 0 rings (SSSR count). The molecule has 0 aromatic carbocycles. The Kier molecular flexibility index (Phi) is 8.17. The first-order chi connectivity index (χ1) is 8.03. The zero-order valence-electron chi connectivity index (χ0n) is 11.8. The average Bonchev–Trinajstić information content (AvgIpc) is 2.36. The summed E-state index contributed by atoms with van der Waals surface area (Å²) in [6, 6.07) is 0.490. The van der Waals surface area contributed by atoms with Crippen LogP contribution >= 0.6 is 0 Å². The lowest BCUT2D eigenvalue weighted by molar-refractivity contribution is -0.147. The summed E-state index contributed by atoms with van der Waals surface area (Å²) in [6.07, 6.45) is 2.05. The van der Waals surface area contributed by atoms with Crippen LogP contribution in [0.3, 0.4) is 0 Å². The van der Waals surface area contributed by atoms with Crippen molar-refractivity contribution in [1.82, 2.24) is 4.90 Å². The molecule has 0 fully saturated rings. The molecule has 0 aliphatic rings. The Labute approximate surface area is 105 Å². The summed E-state index contributed by atoms with van der Waals surface area (Å²) in [5, 5.41) is 9.15. The van der Waals surface area contributed by atoms with Crippen LogP contribution in [0.15, 0.2) is 0 Å². The Morgan fingerprint density at radius 3 is 2.18 bits per heavy atom. The van der Waals surface area contributed by atoms with Crippen molar-refractivity contribution in [1.29, 1.82) is 0 Å². The molecule has 0 aliphatic heterocycles. The second-order valence-electron chi connectivity index (χ2n) is 4.48. The van der Waals surface area contributed by atoms with E-state index in [4.69, 9.17) is 9.84 Å². The van der Waals surface area contributed by atoms with E-state index in [1.54, 1.807) is 0 Å². The van der Waals surface area contributed by atoms with Gasteiger partial charge in [0.2, 0.25) is 0 Å². The maximum absolute atomic E-state index is 11.5. The van der Waals surface area contributed by atoms with Crippen molar-refractivity contribution in [2.75, 3.05) is 20.3 Å². The summed E-state index contributed by atoms with van der Waals surface area (Å²) < 4.78 is 4.78. The van der Waals surface area contributed by atoms with Crippen LogP contribution < -0.4 is 0 Å². The fourth-order valence-corrected chi connectivity index (χ4v) is 2.26. The zero-order valence-corrected chi connectivity index (χ0v) is 11.8. The number of aliphatic hydroxyl groups excluding tert-OH is 1. The van der Waals surface area contributed by atoms with Crippen molar-refractivity contribution >= 4 is 5.97 Å². The number of carbonyl (C=O) groups is 1. The van der Waals surface area contributed by atoms with Crippen molar-refractivity contribution in [3.63, 3.8) is 0 Å². The Morgan fingerprint density at radius 2 is 1.82 bits per heavy atom. The maximum Gasteiger partial charge on any atom is 0.309 e. The first kappa shape index (κ1) is 16.4. The van der Waals surface area contributed by atoms with Gasteiger partial charge in [-0.05, 0) is 19.8 Å². The van der Waals surface area contributed by atoms with Gasteiger partial charge < -0.3 is 9.84 Å². The van der Waals surface area contributed by atoms with Crippen LogP contribution in [0.25, 0.3) is 0 Å². The average molecular weight is 245 g/mol. The molecule has 2 atom stereocenters. The smallest absolute Gasteiger partial charge is 0.309 e. The van der Waals surface area contributed by atoms with Crippen LogP contribution in [0.5, 0.6) is 0 Å². The molecule has 0 bridgehead atoms. The van der Waals surface area contributed by atoms with Crippen LogP contribution in [0.2, 0.25) is 0 Å². The van der Waals surface area contributed by atoms with Gasteiger partial charge >= 0.3 is 5.97 Å². The fourth-order valence-electron chi connectivity index (χ4n) is 2.26. The normalized spacial score (nSPS) is 15.1. The lowest BCUT2D eigenvalue weighted by Gasteiger charge is -2.37. The molecule has 0 amide bonds. The van der Waals surface area contributed by atoms with Crippen molar-refractivity contribution < 1.29 is 14.6 Å². The second kappa shape index (κ2) is 8.48. The Bertz CT molecular complexity index is 217. The Hall–Kier alpha value is -0.610. The summed E-state index contributed by atoms with van der Waals surface area (Å²) in [6.45, 7) is 8.89. The molecule has 17 heavy (non-hydrogen) atoms. The van der Waals surface area contributed by atoms with Gasteiger partial charge in [0.25, 0.3) is 0 Å². The summed E-state index contributed by atoms with van der Waals surface area (Å²) in [4.78, 5) is 13.8. The fraction of sp³-hybridized carbons (Fsp3) is 0.923. The number of nitrogens with zero attached hydrogens (tertiary/aromatic N) is 1. The largest absolute Gasteiger partial charge is 0.469 e. The molecule has 0 aromatic heterocycles. The molecule has 102 valence electrons. The van der Waals surface area contributed by atoms with Gasteiger partial charge in [-0.15, -0.1) is 0 Å². The SMILES string of the molecule is CCC(CC)N(CCO)C(C)C(C)C(=O)OC. The van der Waals surface area contributed by atoms with Gasteiger partial charge in [-0.25, -0.2) is 0 Å². The molecule has 1 N–H and O–H groups in total. The van der Waals surface area contributed by atoms with E-state index in [1.807, 2.05) is 13.8 Å². The van der Waals surface area contributed by atoms with Crippen LogP contribution in [-0.2, 0) is 9.53 Å². The zero-order chi connectivity index (χ0) is 13.4. The number of rotatable bonds is 8. The third kappa shape index (κ3) is 4.64.